The molecule has 0 radical (unpaired) electrons. The fourth-order valence-electron chi connectivity index (χ4n) is 1.86. The SMILES string of the molecule is Cc1ccc(Nc2ccc(NS(=O)(=O)N(C)C)nc2)c(C)c1. The quantitative estimate of drug-likeness (QED) is 0.888. The van der Waals surface area contributed by atoms with Crippen molar-refractivity contribution in [2.24, 2.45) is 0 Å². The molecule has 1 heterocycles. The third-order valence-electron chi connectivity index (χ3n) is 3.14. The zero-order valence-corrected chi connectivity index (χ0v) is 13.9. The Hall–Kier alpha value is -2.12. The van der Waals surface area contributed by atoms with E-state index in [4.69, 9.17) is 0 Å². The third kappa shape index (κ3) is 3.96. The summed E-state index contributed by atoms with van der Waals surface area (Å²) in [6.45, 7) is 4.08. The number of benzene rings is 1. The third-order valence-corrected chi connectivity index (χ3v) is 4.57. The molecule has 2 aromatic rings. The Morgan fingerprint density at radius 2 is 1.82 bits per heavy atom. The molecule has 0 saturated heterocycles. The number of hydrogen-bond donors (Lipinski definition) is 2. The van der Waals surface area contributed by atoms with Gasteiger partial charge in [0.1, 0.15) is 5.82 Å². The summed E-state index contributed by atoms with van der Waals surface area (Å²) < 4.78 is 26.9. The molecular formula is C15H20N4O2S. The highest BCUT2D eigenvalue weighted by molar-refractivity contribution is 7.90. The van der Waals surface area contributed by atoms with E-state index in [9.17, 15) is 8.42 Å². The highest BCUT2D eigenvalue weighted by atomic mass is 32.2. The molecule has 7 heteroatoms. The first-order valence-electron chi connectivity index (χ1n) is 6.78. The predicted octanol–water partition coefficient (Wildman–Crippen LogP) is 2.66. The number of anilines is 3. The second-order valence-corrected chi connectivity index (χ2v) is 7.15. The van der Waals surface area contributed by atoms with Crippen molar-refractivity contribution in [3.05, 3.63) is 47.7 Å². The summed E-state index contributed by atoms with van der Waals surface area (Å²) in [5, 5.41) is 3.26. The second kappa shape index (κ2) is 6.33. The average molecular weight is 320 g/mol. The molecule has 0 amide bonds. The molecule has 1 aromatic carbocycles. The molecule has 6 nitrogen and oxygen atoms in total. The van der Waals surface area contributed by atoms with Crippen molar-refractivity contribution in [1.82, 2.24) is 9.29 Å². The molecular weight excluding hydrogens is 300 g/mol. The maximum Gasteiger partial charge on any atom is 0.302 e. The number of nitrogens with one attached hydrogen (secondary N) is 2. The zero-order chi connectivity index (χ0) is 16.3. The standard InChI is InChI=1S/C15H20N4O2S/c1-11-5-7-14(12(2)9-11)17-13-6-8-15(16-10-13)18-22(20,21)19(3)4/h5-10,17H,1-4H3,(H,16,18). The molecule has 2 N–H and O–H groups in total. The van der Waals surface area contributed by atoms with Gasteiger partial charge in [0.05, 0.1) is 11.9 Å². The van der Waals surface area contributed by atoms with Crippen molar-refractivity contribution < 1.29 is 8.42 Å². The summed E-state index contributed by atoms with van der Waals surface area (Å²) >= 11 is 0. The Labute approximate surface area is 131 Å². The fourth-order valence-corrected chi connectivity index (χ4v) is 2.43. The lowest BCUT2D eigenvalue weighted by Gasteiger charge is -2.13. The van der Waals surface area contributed by atoms with E-state index in [1.54, 1.807) is 18.3 Å². The summed E-state index contributed by atoms with van der Waals surface area (Å²) in [4.78, 5) is 4.11. The van der Waals surface area contributed by atoms with Gasteiger partial charge in [-0.25, -0.2) is 4.98 Å². The van der Waals surface area contributed by atoms with Gasteiger partial charge in [0.2, 0.25) is 0 Å². The largest absolute Gasteiger partial charge is 0.354 e. The van der Waals surface area contributed by atoms with Gasteiger partial charge in [0, 0.05) is 19.8 Å². The number of nitrogens with zero attached hydrogens (tertiary/aromatic N) is 2. The number of pyridine rings is 1. The Balaban J connectivity index is 2.12. The molecule has 1 aromatic heterocycles. The van der Waals surface area contributed by atoms with Crippen molar-refractivity contribution >= 4 is 27.4 Å². The van der Waals surface area contributed by atoms with Crippen LogP contribution >= 0.6 is 0 Å². The van der Waals surface area contributed by atoms with Crippen molar-refractivity contribution in [2.45, 2.75) is 13.8 Å². The van der Waals surface area contributed by atoms with Gasteiger partial charge in [-0.1, -0.05) is 17.7 Å². The minimum absolute atomic E-state index is 0.278. The molecule has 0 aliphatic carbocycles. The maximum atomic E-state index is 11.7. The van der Waals surface area contributed by atoms with Crippen molar-refractivity contribution in [3.63, 3.8) is 0 Å². The molecule has 0 atom stereocenters. The number of aromatic nitrogens is 1. The van der Waals surface area contributed by atoms with E-state index in [1.165, 1.54) is 19.7 Å². The minimum Gasteiger partial charge on any atom is -0.354 e. The van der Waals surface area contributed by atoms with Crippen LogP contribution in [-0.4, -0.2) is 31.8 Å². The molecule has 0 aliphatic rings. The Bertz CT molecular complexity index is 756. The van der Waals surface area contributed by atoms with Crippen LogP contribution in [-0.2, 0) is 10.2 Å². The van der Waals surface area contributed by atoms with Crippen LogP contribution in [0, 0.1) is 13.8 Å². The van der Waals surface area contributed by atoms with Crippen molar-refractivity contribution in [3.8, 4) is 0 Å². The van der Waals surface area contributed by atoms with E-state index in [2.05, 4.69) is 21.1 Å². The van der Waals surface area contributed by atoms with Gasteiger partial charge < -0.3 is 5.32 Å². The molecule has 0 saturated carbocycles. The lowest BCUT2D eigenvalue weighted by Crippen LogP contribution is -2.29. The molecule has 0 unspecified atom stereocenters. The summed E-state index contributed by atoms with van der Waals surface area (Å²) in [5.41, 5.74) is 4.13. The van der Waals surface area contributed by atoms with Crippen LogP contribution < -0.4 is 10.0 Å². The van der Waals surface area contributed by atoms with Crippen LogP contribution in [0.15, 0.2) is 36.5 Å². The summed E-state index contributed by atoms with van der Waals surface area (Å²) in [7, 11) is -0.621. The summed E-state index contributed by atoms with van der Waals surface area (Å²) in [6.07, 6.45) is 1.59. The Morgan fingerprint density at radius 1 is 1.09 bits per heavy atom. The van der Waals surface area contributed by atoms with Gasteiger partial charge in [0.25, 0.3) is 0 Å². The molecule has 118 valence electrons. The first-order valence-corrected chi connectivity index (χ1v) is 8.22. The highest BCUT2D eigenvalue weighted by Gasteiger charge is 2.13. The van der Waals surface area contributed by atoms with E-state index in [0.717, 1.165) is 21.2 Å². The molecule has 0 aliphatic heterocycles. The van der Waals surface area contributed by atoms with Gasteiger partial charge in [-0.3, -0.25) is 4.72 Å². The summed E-state index contributed by atoms with van der Waals surface area (Å²) in [6, 6.07) is 9.53. The number of rotatable bonds is 5. The smallest absolute Gasteiger partial charge is 0.302 e. The number of aryl methyl sites for hydroxylation is 2. The lowest BCUT2D eigenvalue weighted by molar-refractivity contribution is 0.526. The van der Waals surface area contributed by atoms with E-state index in [1.807, 2.05) is 26.0 Å². The first kappa shape index (κ1) is 16.3. The first-order chi connectivity index (χ1) is 10.3. The average Bonchev–Trinajstić information content (AvgIpc) is 2.43. The maximum absolute atomic E-state index is 11.7. The monoisotopic (exact) mass is 320 g/mol. The molecule has 22 heavy (non-hydrogen) atoms. The second-order valence-electron chi connectivity index (χ2n) is 5.26. The van der Waals surface area contributed by atoms with Crippen LogP contribution in [0.2, 0.25) is 0 Å². The van der Waals surface area contributed by atoms with Crippen LogP contribution in [0.1, 0.15) is 11.1 Å². The van der Waals surface area contributed by atoms with Gasteiger partial charge in [-0.2, -0.15) is 12.7 Å². The topological polar surface area (TPSA) is 74.3 Å². The van der Waals surface area contributed by atoms with Gasteiger partial charge in [-0.15, -0.1) is 0 Å². The highest BCUT2D eigenvalue weighted by Crippen LogP contribution is 2.21. The number of hydrogen-bond acceptors (Lipinski definition) is 4. The zero-order valence-electron chi connectivity index (χ0n) is 13.1. The molecule has 0 fully saturated rings. The van der Waals surface area contributed by atoms with Gasteiger partial charge in [0.15, 0.2) is 0 Å². The Morgan fingerprint density at radius 3 is 2.36 bits per heavy atom. The van der Waals surface area contributed by atoms with E-state index in [-0.39, 0.29) is 5.82 Å². The fraction of sp³-hybridized carbons (Fsp3) is 0.267. The Kier molecular flexibility index (Phi) is 4.68. The molecule has 0 spiro atoms. The van der Waals surface area contributed by atoms with E-state index in [0.29, 0.717) is 0 Å². The predicted molar refractivity (Wildman–Crippen MR) is 89.7 cm³/mol. The van der Waals surface area contributed by atoms with Crippen molar-refractivity contribution in [2.75, 3.05) is 24.1 Å². The van der Waals surface area contributed by atoms with E-state index < -0.39 is 10.2 Å². The molecule has 0 bridgehead atoms. The summed E-state index contributed by atoms with van der Waals surface area (Å²) in [5.74, 6) is 0.278. The van der Waals surface area contributed by atoms with Crippen LogP contribution in [0.5, 0.6) is 0 Å². The van der Waals surface area contributed by atoms with Crippen molar-refractivity contribution in [1.29, 1.82) is 0 Å². The van der Waals surface area contributed by atoms with Gasteiger partial charge in [-0.05, 0) is 37.6 Å². The normalized spacial score (nSPS) is 11.5. The lowest BCUT2D eigenvalue weighted by atomic mass is 10.1. The van der Waals surface area contributed by atoms with Crippen LogP contribution in [0.25, 0.3) is 0 Å². The van der Waals surface area contributed by atoms with E-state index >= 15 is 0 Å². The molecule has 2 rings (SSSR count). The minimum atomic E-state index is -3.53. The van der Waals surface area contributed by atoms with Gasteiger partial charge >= 0.3 is 10.2 Å². The van der Waals surface area contributed by atoms with Crippen LogP contribution in [0.3, 0.4) is 0 Å². The van der Waals surface area contributed by atoms with Crippen LogP contribution in [0.4, 0.5) is 17.2 Å².